The molecule has 1 saturated heterocycles. The van der Waals surface area contributed by atoms with Crippen molar-refractivity contribution in [3.05, 3.63) is 66.1 Å². The first kappa shape index (κ1) is 17.6. The molecule has 5 heteroatoms. The molecule has 2 N–H and O–H groups in total. The molecule has 5 nitrogen and oxygen atoms in total. The SMILES string of the molecule is CC1CCNCC1NC(=O)c1ccc(COc2ccc3ccccc3c2)o1. The predicted molar refractivity (Wildman–Crippen MR) is 105 cm³/mol. The van der Waals surface area contributed by atoms with Gasteiger partial charge < -0.3 is 19.8 Å². The summed E-state index contributed by atoms with van der Waals surface area (Å²) < 4.78 is 11.5. The van der Waals surface area contributed by atoms with Gasteiger partial charge in [-0.25, -0.2) is 0 Å². The fraction of sp³-hybridized carbons (Fsp3) is 0.318. The van der Waals surface area contributed by atoms with Crippen molar-refractivity contribution in [3.8, 4) is 5.75 Å². The van der Waals surface area contributed by atoms with Crippen LogP contribution in [0, 0.1) is 5.92 Å². The van der Waals surface area contributed by atoms with Gasteiger partial charge in [-0.3, -0.25) is 4.79 Å². The normalized spacial score (nSPS) is 19.7. The summed E-state index contributed by atoms with van der Waals surface area (Å²) in [5.74, 6) is 2.01. The van der Waals surface area contributed by atoms with Crippen LogP contribution < -0.4 is 15.4 Å². The zero-order chi connectivity index (χ0) is 18.6. The zero-order valence-corrected chi connectivity index (χ0v) is 15.4. The molecule has 0 aliphatic carbocycles. The molecule has 4 rings (SSSR count). The second-order valence-corrected chi connectivity index (χ2v) is 7.11. The number of furan rings is 1. The summed E-state index contributed by atoms with van der Waals surface area (Å²) >= 11 is 0. The molecule has 1 aromatic heterocycles. The van der Waals surface area contributed by atoms with Gasteiger partial charge in [-0.05, 0) is 53.9 Å². The van der Waals surface area contributed by atoms with E-state index in [2.05, 4.69) is 29.7 Å². The number of hydrogen-bond donors (Lipinski definition) is 2. The van der Waals surface area contributed by atoms with Gasteiger partial charge in [-0.15, -0.1) is 0 Å². The summed E-state index contributed by atoms with van der Waals surface area (Å²) in [5, 5.41) is 8.67. The van der Waals surface area contributed by atoms with E-state index in [-0.39, 0.29) is 18.6 Å². The summed E-state index contributed by atoms with van der Waals surface area (Å²) in [7, 11) is 0. The molecule has 0 radical (unpaired) electrons. The minimum Gasteiger partial charge on any atom is -0.486 e. The Bertz CT molecular complexity index is 934. The topological polar surface area (TPSA) is 63.5 Å². The van der Waals surface area contributed by atoms with Crippen molar-refractivity contribution in [2.24, 2.45) is 5.92 Å². The van der Waals surface area contributed by atoms with Crippen LogP contribution in [-0.2, 0) is 6.61 Å². The minimum atomic E-state index is -0.174. The smallest absolute Gasteiger partial charge is 0.287 e. The van der Waals surface area contributed by atoms with Crippen molar-refractivity contribution in [1.29, 1.82) is 0 Å². The number of benzene rings is 2. The molecule has 27 heavy (non-hydrogen) atoms. The van der Waals surface area contributed by atoms with Crippen LogP contribution in [0.1, 0.15) is 29.7 Å². The monoisotopic (exact) mass is 364 g/mol. The lowest BCUT2D eigenvalue weighted by Gasteiger charge is -2.29. The van der Waals surface area contributed by atoms with E-state index in [1.54, 1.807) is 12.1 Å². The van der Waals surface area contributed by atoms with Gasteiger partial charge in [0.15, 0.2) is 5.76 Å². The number of carbonyl (C=O) groups excluding carboxylic acids is 1. The molecule has 3 aromatic rings. The van der Waals surface area contributed by atoms with E-state index in [1.165, 1.54) is 5.39 Å². The van der Waals surface area contributed by atoms with Gasteiger partial charge in [0.2, 0.25) is 0 Å². The maximum Gasteiger partial charge on any atom is 0.287 e. The third kappa shape index (κ3) is 4.14. The Labute approximate surface area is 158 Å². The molecule has 1 amide bonds. The Morgan fingerprint density at radius 1 is 1.19 bits per heavy atom. The fourth-order valence-corrected chi connectivity index (χ4v) is 3.41. The predicted octanol–water partition coefficient (Wildman–Crippen LogP) is 3.74. The van der Waals surface area contributed by atoms with Gasteiger partial charge in [-0.2, -0.15) is 0 Å². The quantitative estimate of drug-likeness (QED) is 0.724. The highest BCUT2D eigenvalue weighted by Crippen LogP contribution is 2.22. The first-order chi connectivity index (χ1) is 13.2. The van der Waals surface area contributed by atoms with E-state index in [0.717, 1.165) is 30.6 Å². The van der Waals surface area contributed by atoms with E-state index in [4.69, 9.17) is 9.15 Å². The Morgan fingerprint density at radius 3 is 2.89 bits per heavy atom. The summed E-state index contributed by atoms with van der Waals surface area (Å²) in [6, 6.07) is 17.7. The molecular formula is C22H24N2O3. The number of nitrogens with one attached hydrogen (secondary N) is 2. The average molecular weight is 364 g/mol. The van der Waals surface area contributed by atoms with Crippen LogP contribution in [-0.4, -0.2) is 25.0 Å². The lowest BCUT2D eigenvalue weighted by molar-refractivity contribution is 0.0883. The highest BCUT2D eigenvalue weighted by Gasteiger charge is 2.24. The summed E-state index contributed by atoms with van der Waals surface area (Å²) in [6.07, 6.45) is 1.06. The van der Waals surface area contributed by atoms with Gasteiger partial charge in [-0.1, -0.05) is 37.3 Å². The second-order valence-electron chi connectivity index (χ2n) is 7.11. The number of hydrogen-bond acceptors (Lipinski definition) is 4. The van der Waals surface area contributed by atoms with Crippen LogP contribution in [0.25, 0.3) is 10.8 Å². The Balaban J connectivity index is 1.36. The first-order valence-corrected chi connectivity index (χ1v) is 9.41. The molecular weight excluding hydrogens is 340 g/mol. The maximum absolute atomic E-state index is 12.4. The molecule has 2 heterocycles. The third-order valence-electron chi connectivity index (χ3n) is 5.13. The van der Waals surface area contributed by atoms with Crippen LogP contribution in [0.4, 0.5) is 0 Å². The van der Waals surface area contributed by atoms with Crippen LogP contribution in [0.15, 0.2) is 59.0 Å². The van der Waals surface area contributed by atoms with Gasteiger partial charge in [0.05, 0.1) is 0 Å². The number of rotatable bonds is 5. The molecule has 1 aliphatic rings. The number of piperidine rings is 1. The summed E-state index contributed by atoms with van der Waals surface area (Å²) in [6.45, 7) is 4.25. The van der Waals surface area contributed by atoms with Crippen molar-refractivity contribution < 1.29 is 13.9 Å². The zero-order valence-electron chi connectivity index (χ0n) is 15.4. The Morgan fingerprint density at radius 2 is 2.04 bits per heavy atom. The van der Waals surface area contributed by atoms with Crippen LogP contribution in [0.2, 0.25) is 0 Å². The molecule has 1 aliphatic heterocycles. The minimum absolute atomic E-state index is 0.133. The van der Waals surface area contributed by atoms with E-state index in [0.29, 0.717) is 17.4 Å². The molecule has 0 saturated carbocycles. The van der Waals surface area contributed by atoms with E-state index in [1.807, 2.05) is 30.3 Å². The van der Waals surface area contributed by atoms with Crippen molar-refractivity contribution in [2.45, 2.75) is 26.0 Å². The Hall–Kier alpha value is -2.79. The molecule has 2 unspecified atom stereocenters. The number of ether oxygens (including phenoxy) is 1. The average Bonchev–Trinajstić information content (AvgIpc) is 3.17. The van der Waals surface area contributed by atoms with Crippen molar-refractivity contribution in [3.63, 3.8) is 0 Å². The summed E-state index contributed by atoms with van der Waals surface area (Å²) in [4.78, 5) is 12.4. The standard InChI is InChI=1S/C22H24N2O3/c1-15-10-11-23-13-20(15)24-22(25)21-9-8-19(27-21)14-26-18-7-6-16-4-2-3-5-17(16)12-18/h2-9,12,15,20,23H,10-11,13-14H2,1H3,(H,24,25). The number of carbonyl (C=O) groups is 1. The maximum atomic E-state index is 12.4. The van der Waals surface area contributed by atoms with Crippen LogP contribution >= 0.6 is 0 Å². The number of fused-ring (bicyclic) bond motifs is 1. The van der Waals surface area contributed by atoms with Gasteiger partial charge in [0.1, 0.15) is 18.1 Å². The first-order valence-electron chi connectivity index (χ1n) is 9.41. The van der Waals surface area contributed by atoms with Gasteiger partial charge >= 0.3 is 0 Å². The fourth-order valence-electron chi connectivity index (χ4n) is 3.41. The van der Waals surface area contributed by atoms with E-state index < -0.39 is 0 Å². The molecule has 0 spiro atoms. The molecule has 0 bridgehead atoms. The third-order valence-corrected chi connectivity index (χ3v) is 5.13. The molecule has 1 fully saturated rings. The van der Waals surface area contributed by atoms with Crippen molar-refractivity contribution in [1.82, 2.24) is 10.6 Å². The lowest BCUT2D eigenvalue weighted by atomic mass is 9.95. The lowest BCUT2D eigenvalue weighted by Crippen LogP contribution is -2.50. The summed E-state index contributed by atoms with van der Waals surface area (Å²) in [5.41, 5.74) is 0. The largest absolute Gasteiger partial charge is 0.486 e. The second kappa shape index (κ2) is 7.84. The van der Waals surface area contributed by atoms with E-state index in [9.17, 15) is 4.79 Å². The van der Waals surface area contributed by atoms with Crippen LogP contribution in [0.5, 0.6) is 5.75 Å². The molecule has 2 atom stereocenters. The highest BCUT2D eigenvalue weighted by molar-refractivity contribution is 5.91. The molecule has 2 aromatic carbocycles. The van der Waals surface area contributed by atoms with Gasteiger partial charge in [0, 0.05) is 12.6 Å². The Kier molecular flexibility index (Phi) is 5.12. The van der Waals surface area contributed by atoms with Crippen molar-refractivity contribution in [2.75, 3.05) is 13.1 Å². The van der Waals surface area contributed by atoms with Gasteiger partial charge in [0.25, 0.3) is 5.91 Å². The number of amides is 1. The highest BCUT2D eigenvalue weighted by atomic mass is 16.5. The van der Waals surface area contributed by atoms with Crippen LogP contribution in [0.3, 0.4) is 0 Å². The molecule has 140 valence electrons. The van der Waals surface area contributed by atoms with E-state index >= 15 is 0 Å². The van der Waals surface area contributed by atoms with Crippen molar-refractivity contribution >= 4 is 16.7 Å².